The third-order valence-corrected chi connectivity index (χ3v) is 6.65. The van der Waals surface area contributed by atoms with Crippen LogP contribution in [0.4, 0.5) is 0 Å². The number of aliphatic carboxylic acids is 3. The second-order valence-electron chi connectivity index (χ2n) is 10.0. The number of hydrogen-bond donors (Lipinski definition) is 5. The van der Waals surface area contributed by atoms with Crippen LogP contribution in [0.5, 0.6) is 0 Å². The maximum atomic E-state index is 12.7. The highest BCUT2D eigenvalue weighted by molar-refractivity contribution is 5.94. The number of aliphatic hydroxyl groups excluding tert-OH is 1. The molecular formula is C26H39N3O10. The van der Waals surface area contributed by atoms with Crippen molar-refractivity contribution in [2.75, 3.05) is 52.5 Å². The smallest absolute Gasteiger partial charge is 0.336 e. The first kappa shape index (κ1) is 32.1. The third-order valence-electron chi connectivity index (χ3n) is 6.65. The lowest BCUT2D eigenvalue weighted by Gasteiger charge is -2.37. The molecule has 2 heterocycles. The lowest BCUT2D eigenvalue weighted by atomic mass is 9.96. The average Bonchev–Trinajstić information content (AvgIpc) is 2.88. The quantitative estimate of drug-likeness (QED) is 0.257. The second-order valence-corrected chi connectivity index (χ2v) is 10.0. The van der Waals surface area contributed by atoms with Crippen LogP contribution in [0.3, 0.4) is 0 Å². The molecule has 1 unspecified atom stereocenters. The zero-order valence-corrected chi connectivity index (χ0v) is 22.4. The molecule has 2 aliphatic rings. The summed E-state index contributed by atoms with van der Waals surface area (Å²) < 4.78 is 5.49. The van der Waals surface area contributed by atoms with Crippen LogP contribution in [-0.2, 0) is 25.7 Å². The zero-order chi connectivity index (χ0) is 29.2. The van der Waals surface area contributed by atoms with Gasteiger partial charge in [-0.15, -0.1) is 0 Å². The molecule has 3 rings (SSSR count). The highest BCUT2D eigenvalue weighted by Crippen LogP contribution is 2.16. The molecular weight excluding hydrogens is 514 g/mol. The molecule has 0 bridgehead atoms. The van der Waals surface area contributed by atoms with Gasteiger partial charge in [-0.05, 0) is 31.5 Å². The fourth-order valence-electron chi connectivity index (χ4n) is 4.38. The number of morpholine rings is 1. The Morgan fingerprint density at radius 1 is 0.949 bits per heavy atom. The summed E-state index contributed by atoms with van der Waals surface area (Å²) in [5.41, 5.74) is -0.788. The first-order valence-corrected chi connectivity index (χ1v) is 12.8. The van der Waals surface area contributed by atoms with E-state index in [2.05, 4.69) is 23.6 Å². The molecule has 2 fully saturated rings. The van der Waals surface area contributed by atoms with Gasteiger partial charge in [0, 0.05) is 57.4 Å². The monoisotopic (exact) mass is 553 g/mol. The Hall–Kier alpha value is -3.10. The molecule has 0 saturated carbocycles. The molecule has 5 N–H and O–H groups in total. The number of carboxylic acids is 3. The van der Waals surface area contributed by atoms with Gasteiger partial charge in [-0.1, -0.05) is 12.1 Å². The molecule has 0 aliphatic carbocycles. The van der Waals surface area contributed by atoms with Gasteiger partial charge >= 0.3 is 17.9 Å². The number of benzene rings is 1. The Labute approximate surface area is 227 Å². The van der Waals surface area contributed by atoms with Crippen molar-refractivity contribution in [2.45, 2.75) is 51.0 Å². The van der Waals surface area contributed by atoms with Crippen LogP contribution in [0.15, 0.2) is 24.3 Å². The van der Waals surface area contributed by atoms with Crippen molar-refractivity contribution in [3.05, 3.63) is 35.4 Å². The lowest BCUT2D eigenvalue weighted by Crippen LogP contribution is -2.50. The number of piperazine rings is 1. The first-order chi connectivity index (χ1) is 18.3. The van der Waals surface area contributed by atoms with Crippen LogP contribution in [-0.4, -0.2) is 134 Å². The number of nitrogens with zero attached hydrogens (tertiary/aromatic N) is 3. The van der Waals surface area contributed by atoms with E-state index in [1.54, 1.807) is 0 Å². The Kier molecular flexibility index (Phi) is 12.3. The van der Waals surface area contributed by atoms with Crippen molar-refractivity contribution in [1.82, 2.24) is 14.7 Å². The number of carboxylic acid groups (broad SMARTS) is 3. The molecule has 0 radical (unpaired) electrons. The molecule has 1 atom stereocenters. The van der Waals surface area contributed by atoms with Gasteiger partial charge in [0.15, 0.2) is 5.60 Å². The lowest BCUT2D eigenvalue weighted by molar-refractivity contribution is -0.170. The number of aliphatic hydroxyl groups is 2. The summed E-state index contributed by atoms with van der Waals surface area (Å²) in [5.74, 6) is -4.89. The Balaban J connectivity index is 0.000000349. The van der Waals surface area contributed by atoms with Crippen molar-refractivity contribution in [2.24, 2.45) is 0 Å². The molecule has 39 heavy (non-hydrogen) atoms. The van der Waals surface area contributed by atoms with Gasteiger partial charge in [0.2, 0.25) is 0 Å². The maximum absolute atomic E-state index is 12.7. The molecule has 2 aliphatic heterocycles. The van der Waals surface area contributed by atoms with E-state index in [0.717, 1.165) is 51.4 Å². The Morgan fingerprint density at radius 2 is 1.51 bits per heavy atom. The maximum Gasteiger partial charge on any atom is 0.336 e. The van der Waals surface area contributed by atoms with E-state index in [1.165, 1.54) is 5.56 Å². The number of ether oxygens (including phenoxy) is 1. The first-order valence-electron chi connectivity index (χ1n) is 12.8. The van der Waals surface area contributed by atoms with Crippen molar-refractivity contribution >= 4 is 23.8 Å². The van der Waals surface area contributed by atoms with Crippen LogP contribution in [0, 0.1) is 0 Å². The predicted octanol–water partition coefficient (Wildman–Crippen LogP) is -0.203. The molecule has 218 valence electrons. The summed E-state index contributed by atoms with van der Waals surface area (Å²) in [6.45, 7) is 11.1. The second kappa shape index (κ2) is 14.9. The van der Waals surface area contributed by atoms with Crippen LogP contribution in [0.25, 0.3) is 0 Å². The normalized spacial score (nSPS) is 18.8. The number of amides is 1. The van der Waals surface area contributed by atoms with Crippen LogP contribution in [0.1, 0.15) is 42.6 Å². The highest BCUT2D eigenvalue weighted by atomic mass is 16.5. The molecule has 13 nitrogen and oxygen atoms in total. The van der Waals surface area contributed by atoms with Crippen LogP contribution >= 0.6 is 0 Å². The number of carbonyl (C=O) groups excluding carboxylic acids is 1. The van der Waals surface area contributed by atoms with E-state index in [1.807, 2.05) is 29.2 Å². The molecule has 1 aromatic carbocycles. The Morgan fingerprint density at radius 3 is 1.97 bits per heavy atom. The molecule has 0 aromatic heterocycles. The fraction of sp³-hybridized carbons (Fsp3) is 0.615. The summed E-state index contributed by atoms with van der Waals surface area (Å²) in [5, 5.41) is 43.1. The SMILES string of the molecule is CC(C)N1CCN(C(=O)c2ccc(CN3CCOC(CO)C3)cc2)CC1.O=C(O)CC(O)(CC(=O)O)C(=O)O. The largest absolute Gasteiger partial charge is 0.481 e. The van der Waals surface area contributed by atoms with E-state index >= 15 is 0 Å². The van der Waals surface area contributed by atoms with Gasteiger partial charge in [-0.2, -0.15) is 0 Å². The number of hydrogen-bond acceptors (Lipinski definition) is 9. The fourth-order valence-corrected chi connectivity index (χ4v) is 4.38. The highest BCUT2D eigenvalue weighted by Gasteiger charge is 2.40. The molecule has 1 aromatic rings. The Bertz CT molecular complexity index is 961. The standard InChI is InChI=1S/C20H31N3O3.C6H8O7/c1-16(2)22-7-9-23(10-8-22)20(25)18-5-3-17(4-6-18)13-21-11-12-26-19(14-21)15-24;7-3(8)1-6(13,5(11)12)2-4(9)10/h3-6,16,19,24H,7-15H2,1-2H3;13H,1-2H2,(H,7,8)(H,9,10)(H,11,12). The van der Waals surface area contributed by atoms with Crippen molar-refractivity contribution in [3.8, 4) is 0 Å². The number of rotatable bonds is 10. The third kappa shape index (κ3) is 10.2. The zero-order valence-electron chi connectivity index (χ0n) is 22.4. The van der Waals surface area contributed by atoms with Gasteiger partial charge in [-0.3, -0.25) is 24.2 Å². The van der Waals surface area contributed by atoms with E-state index in [9.17, 15) is 24.3 Å². The van der Waals surface area contributed by atoms with Gasteiger partial charge in [0.1, 0.15) is 0 Å². The summed E-state index contributed by atoms with van der Waals surface area (Å²) in [6, 6.07) is 8.51. The number of carbonyl (C=O) groups is 4. The van der Waals surface area contributed by atoms with E-state index in [-0.39, 0.29) is 18.6 Å². The molecule has 2 saturated heterocycles. The van der Waals surface area contributed by atoms with Crippen LogP contribution < -0.4 is 0 Å². The van der Waals surface area contributed by atoms with E-state index in [0.29, 0.717) is 12.6 Å². The van der Waals surface area contributed by atoms with Gasteiger partial charge in [0.05, 0.1) is 32.2 Å². The summed E-state index contributed by atoms with van der Waals surface area (Å²) in [4.78, 5) is 49.9. The van der Waals surface area contributed by atoms with Gasteiger partial charge in [-0.25, -0.2) is 4.79 Å². The van der Waals surface area contributed by atoms with Crippen LogP contribution in [0.2, 0.25) is 0 Å². The minimum atomic E-state index is -2.74. The average molecular weight is 554 g/mol. The molecule has 0 spiro atoms. The van der Waals surface area contributed by atoms with Crippen molar-refractivity contribution in [3.63, 3.8) is 0 Å². The minimum Gasteiger partial charge on any atom is -0.481 e. The summed E-state index contributed by atoms with van der Waals surface area (Å²) in [6.07, 6.45) is -2.38. The molecule has 1 amide bonds. The summed E-state index contributed by atoms with van der Waals surface area (Å²) in [7, 11) is 0. The minimum absolute atomic E-state index is 0.0635. The van der Waals surface area contributed by atoms with Crippen molar-refractivity contribution < 1.29 is 49.4 Å². The van der Waals surface area contributed by atoms with Gasteiger partial charge in [0.25, 0.3) is 5.91 Å². The van der Waals surface area contributed by atoms with Crippen molar-refractivity contribution in [1.29, 1.82) is 0 Å². The van der Waals surface area contributed by atoms with Gasteiger partial charge < -0.3 is 35.2 Å². The van der Waals surface area contributed by atoms with E-state index in [4.69, 9.17) is 25.2 Å². The predicted molar refractivity (Wildman–Crippen MR) is 138 cm³/mol. The topological polar surface area (TPSA) is 188 Å². The molecule has 13 heteroatoms. The summed E-state index contributed by atoms with van der Waals surface area (Å²) >= 11 is 0. The van der Waals surface area contributed by atoms with E-state index < -0.39 is 36.4 Å².